The van der Waals surface area contributed by atoms with Gasteiger partial charge in [0.05, 0.1) is 11.5 Å². The standard InChI is InChI=1S/C13H14ClNO3S2/c1-9-2-4-11(19-9)7-15-20(17,18)12-5-3-10(8-16)13(14)6-12/h2-6,15-16H,7-8H2,1H3. The molecule has 108 valence electrons. The predicted octanol–water partition coefficient (Wildman–Crippen LogP) is 2.68. The summed E-state index contributed by atoms with van der Waals surface area (Å²) in [7, 11) is -3.61. The third kappa shape index (κ3) is 3.59. The van der Waals surface area contributed by atoms with Crippen molar-refractivity contribution in [1.29, 1.82) is 0 Å². The Morgan fingerprint density at radius 3 is 2.60 bits per heavy atom. The number of thiophene rings is 1. The lowest BCUT2D eigenvalue weighted by Gasteiger charge is -2.07. The number of benzene rings is 1. The maximum absolute atomic E-state index is 12.1. The minimum absolute atomic E-state index is 0.0907. The number of sulfonamides is 1. The molecule has 4 nitrogen and oxygen atoms in total. The van der Waals surface area contributed by atoms with E-state index in [4.69, 9.17) is 16.7 Å². The van der Waals surface area contributed by atoms with E-state index >= 15 is 0 Å². The van der Waals surface area contributed by atoms with E-state index in [0.29, 0.717) is 5.56 Å². The fraction of sp³-hybridized carbons (Fsp3) is 0.231. The molecule has 0 saturated heterocycles. The van der Waals surface area contributed by atoms with E-state index < -0.39 is 10.0 Å². The van der Waals surface area contributed by atoms with E-state index in [1.54, 1.807) is 11.3 Å². The van der Waals surface area contributed by atoms with Crippen LogP contribution in [0.3, 0.4) is 0 Å². The number of aliphatic hydroxyl groups is 1. The summed E-state index contributed by atoms with van der Waals surface area (Å²) in [4.78, 5) is 2.17. The molecule has 2 aromatic rings. The zero-order chi connectivity index (χ0) is 14.8. The first-order valence-electron chi connectivity index (χ1n) is 5.86. The Bertz CT molecular complexity index is 710. The van der Waals surface area contributed by atoms with Gasteiger partial charge < -0.3 is 5.11 Å². The van der Waals surface area contributed by atoms with E-state index in [9.17, 15) is 8.42 Å². The van der Waals surface area contributed by atoms with Gasteiger partial charge in [-0.25, -0.2) is 13.1 Å². The summed E-state index contributed by atoms with van der Waals surface area (Å²) >= 11 is 7.45. The fourth-order valence-electron chi connectivity index (χ4n) is 1.65. The highest BCUT2D eigenvalue weighted by Gasteiger charge is 2.15. The van der Waals surface area contributed by atoms with E-state index in [1.165, 1.54) is 18.2 Å². The molecule has 0 aliphatic heterocycles. The SMILES string of the molecule is Cc1ccc(CNS(=O)(=O)c2ccc(CO)c(Cl)c2)s1. The molecule has 1 heterocycles. The third-order valence-electron chi connectivity index (χ3n) is 2.74. The number of hydrogen-bond donors (Lipinski definition) is 2. The van der Waals surface area contributed by atoms with Crippen LogP contribution in [0.2, 0.25) is 5.02 Å². The summed E-state index contributed by atoms with van der Waals surface area (Å²) in [5.74, 6) is 0. The van der Waals surface area contributed by atoms with Crippen molar-refractivity contribution in [3.8, 4) is 0 Å². The van der Waals surface area contributed by atoms with Crippen molar-refractivity contribution in [2.45, 2.75) is 25.0 Å². The monoisotopic (exact) mass is 331 g/mol. The molecule has 0 fully saturated rings. The number of halogens is 1. The van der Waals surface area contributed by atoms with Crippen LogP contribution in [0.1, 0.15) is 15.3 Å². The van der Waals surface area contributed by atoms with Gasteiger partial charge in [-0.15, -0.1) is 11.3 Å². The van der Waals surface area contributed by atoms with Crippen molar-refractivity contribution in [3.05, 3.63) is 50.7 Å². The fourth-order valence-corrected chi connectivity index (χ4v) is 3.91. The number of aryl methyl sites for hydroxylation is 1. The van der Waals surface area contributed by atoms with Crippen molar-refractivity contribution < 1.29 is 13.5 Å². The molecule has 0 radical (unpaired) electrons. The van der Waals surface area contributed by atoms with Crippen molar-refractivity contribution >= 4 is 33.0 Å². The van der Waals surface area contributed by atoms with Gasteiger partial charge >= 0.3 is 0 Å². The van der Waals surface area contributed by atoms with Crippen LogP contribution in [0.15, 0.2) is 35.2 Å². The minimum Gasteiger partial charge on any atom is -0.392 e. The molecule has 0 spiro atoms. The first kappa shape index (κ1) is 15.5. The molecule has 0 aliphatic carbocycles. The smallest absolute Gasteiger partial charge is 0.240 e. The van der Waals surface area contributed by atoms with Crippen LogP contribution in [-0.4, -0.2) is 13.5 Å². The van der Waals surface area contributed by atoms with Gasteiger partial charge in [-0.3, -0.25) is 0 Å². The minimum atomic E-state index is -3.61. The summed E-state index contributed by atoms with van der Waals surface area (Å²) in [6.07, 6.45) is 0. The normalized spacial score (nSPS) is 11.8. The molecule has 2 rings (SSSR count). The Labute approximate surface area is 127 Å². The van der Waals surface area contributed by atoms with Crippen LogP contribution in [0, 0.1) is 6.92 Å². The molecule has 7 heteroatoms. The average Bonchev–Trinajstić information content (AvgIpc) is 2.82. The van der Waals surface area contributed by atoms with E-state index in [2.05, 4.69) is 4.72 Å². The zero-order valence-electron chi connectivity index (χ0n) is 10.8. The van der Waals surface area contributed by atoms with Gasteiger partial charge in [0, 0.05) is 21.3 Å². The highest BCUT2D eigenvalue weighted by atomic mass is 35.5. The summed E-state index contributed by atoms with van der Waals surface area (Å²) in [6, 6.07) is 8.12. The lowest BCUT2D eigenvalue weighted by atomic mass is 10.2. The van der Waals surface area contributed by atoms with Gasteiger partial charge in [0.25, 0.3) is 0 Å². The summed E-state index contributed by atoms with van der Waals surface area (Å²) in [6.45, 7) is 2.00. The van der Waals surface area contributed by atoms with Crippen LogP contribution in [0.25, 0.3) is 0 Å². The molecule has 1 aromatic carbocycles. The average molecular weight is 332 g/mol. The van der Waals surface area contributed by atoms with Crippen molar-refractivity contribution in [3.63, 3.8) is 0 Å². The van der Waals surface area contributed by atoms with Gasteiger partial charge in [-0.1, -0.05) is 17.7 Å². The number of nitrogens with one attached hydrogen (secondary N) is 1. The Morgan fingerprint density at radius 1 is 1.30 bits per heavy atom. The molecule has 2 N–H and O–H groups in total. The quantitative estimate of drug-likeness (QED) is 0.885. The Balaban J connectivity index is 2.15. The van der Waals surface area contributed by atoms with E-state index in [1.807, 2.05) is 19.1 Å². The molecule has 1 aromatic heterocycles. The second-order valence-corrected chi connectivity index (χ2v) is 7.79. The number of rotatable bonds is 5. The topological polar surface area (TPSA) is 66.4 Å². The first-order valence-corrected chi connectivity index (χ1v) is 8.54. The van der Waals surface area contributed by atoms with E-state index in [0.717, 1.165) is 9.75 Å². The lowest BCUT2D eigenvalue weighted by molar-refractivity contribution is 0.282. The molecule has 20 heavy (non-hydrogen) atoms. The summed E-state index contributed by atoms with van der Waals surface area (Å²) in [5, 5.41) is 9.26. The van der Waals surface area contributed by atoms with Crippen molar-refractivity contribution in [1.82, 2.24) is 4.72 Å². The summed E-state index contributed by atoms with van der Waals surface area (Å²) in [5.41, 5.74) is 0.500. The second kappa shape index (κ2) is 6.24. The molecule has 0 saturated carbocycles. The Hall–Kier alpha value is -0.920. The molecule has 0 unspecified atom stereocenters. The highest BCUT2D eigenvalue weighted by molar-refractivity contribution is 7.89. The van der Waals surface area contributed by atoms with Gasteiger partial charge in [-0.05, 0) is 36.8 Å². The van der Waals surface area contributed by atoms with Gasteiger partial charge in [0.15, 0.2) is 0 Å². The molecule has 0 atom stereocenters. The summed E-state index contributed by atoms with van der Waals surface area (Å²) < 4.78 is 26.8. The van der Waals surface area contributed by atoms with Crippen LogP contribution >= 0.6 is 22.9 Å². The lowest BCUT2D eigenvalue weighted by Crippen LogP contribution is -2.22. The predicted molar refractivity (Wildman–Crippen MR) is 80.5 cm³/mol. The van der Waals surface area contributed by atoms with Crippen LogP contribution in [-0.2, 0) is 23.2 Å². The maximum atomic E-state index is 12.1. The van der Waals surface area contributed by atoms with Gasteiger partial charge in [-0.2, -0.15) is 0 Å². The van der Waals surface area contributed by atoms with Crippen LogP contribution < -0.4 is 4.72 Å². The number of aliphatic hydroxyl groups excluding tert-OH is 1. The third-order valence-corrected chi connectivity index (χ3v) is 5.49. The first-order chi connectivity index (χ1) is 9.42. The second-order valence-electron chi connectivity index (χ2n) is 4.25. The molecule has 0 aliphatic rings. The van der Waals surface area contributed by atoms with Crippen molar-refractivity contribution in [2.75, 3.05) is 0 Å². The Kier molecular flexibility index (Phi) is 4.82. The van der Waals surface area contributed by atoms with Gasteiger partial charge in [0.1, 0.15) is 0 Å². The number of hydrogen-bond acceptors (Lipinski definition) is 4. The zero-order valence-corrected chi connectivity index (χ0v) is 13.1. The Morgan fingerprint density at radius 2 is 2.05 bits per heavy atom. The van der Waals surface area contributed by atoms with Gasteiger partial charge in [0.2, 0.25) is 10.0 Å². The van der Waals surface area contributed by atoms with Crippen molar-refractivity contribution in [2.24, 2.45) is 0 Å². The van der Waals surface area contributed by atoms with E-state index in [-0.39, 0.29) is 23.1 Å². The largest absolute Gasteiger partial charge is 0.392 e. The van der Waals surface area contributed by atoms with Crippen LogP contribution in [0.4, 0.5) is 0 Å². The highest BCUT2D eigenvalue weighted by Crippen LogP contribution is 2.21. The molecule has 0 bridgehead atoms. The molecule has 0 amide bonds. The molecular weight excluding hydrogens is 318 g/mol. The molecular formula is C13H14ClNO3S2. The maximum Gasteiger partial charge on any atom is 0.240 e. The van der Waals surface area contributed by atoms with Crippen LogP contribution in [0.5, 0.6) is 0 Å².